The Morgan fingerprint density at radius 2 is 0.845 bits per heavy atom. The van der Waals surface area contributed by atoms with E-state index in [4.69, 9.17) is 15.0 Å². The Kier molecular flexibility index (Phi) is 7.16. The van der Waals surface area contributed by atoms with Crippen LogP contribution in [0.1, 0.15) is 0 Å². The predicted octanol–water partition coefficient (Wildman–Crippen LogP) is 13.4. The summed E-state index contributed by atoms with van der Waals surface area (Å²) in [6, 6.07) is 70.8. The van der Waals surface area contributed by atoms with Gasteiger partial charge in [0, 0.05) is 38.4 Å². The molecule has 0 atom stereocenters. The highest BCUT2D eigenvalue weighted by Gasteiger charge is 2.24. The van der Waals surface area contributed by atoms with Crippen molar-refractivity contribution in [2.45, 2.75) is 0 Å². The van der Waals surface area contributed by atoms with Crippen LogP contribution in [0, 0.1) is 0 Å². The normalized spacial score (nSPS) is 11.8. The Morgan fingerprint density at radius 3 is 1.62 bits per heavy atom. The van der Waals surface area contributed by atoms with Gasteiger partial charge in [-0.1, -0.05) is 158 Å². The van der Waals surface area contributed by atoms with Gasteiger partial charge in [0.25, 0.3) is 0 Å². The van der Waals surface area contributed by atoms with E-state index >= 15 is 0 Å². The molecule has 270 valence electrons. The number of hydrogen-bond donors (Lipinski definition) is 0. The smallest absolute Gasteiger partial charge is 0.166 e. The summed E-state index contributed by atoms with van der Waals surface area (Å²) >= 11 is 0. The molecule has 0 saturated carbocycles. The van der Waals surface area contributed by atoms with Crippen LogP contribution in [0.3, 0.4) is 0 Å². The minimum Gasteiger partial charge on any atom is -0.309 e. The largest absolute Gasteiger partial charge is 0.309 e. The zero-order chi connectivity index (χ0) is 38.2. The molecular formula is C53H33N5. The summed E-state index contributed by atoms with van der Waals surface area (Å²) in [5.41, 5.74) is 9.43. The van der Waals surface area contributed by atoms with Gasteiger partial charge in [0.2, 0.25) is 0 Å². The highest BCUT2D eigenvalue weighted by atomic mass is 15.1. The molecule has 0 aliphatic rings. The topological polar surface area (TPSA) is 48.5 Å². The van der Waals surface area contributed by atoms with Gasteiger partial charge in [-0.3, -0.25) is 0 Å². The van der Waals surface area contributed by atoms with Gasteiger partial charge in [-0.2, -0.15) is 0 Å². The maximum Gasteiger partial charge on any atom is 0.166 e. The fraction of sp³-hybridized carbons (Fsp3) is 0. The van der Waals surface area contributed by atoms with E-state index in [1.807, 2.05) is 18.2 Å². The molecule has 0 N–H and O–H groups in total. The van der Waals surface area contributed by atoms with E-state index in [0.29, 0.717) is 17.5 Å². The Morgan fingerprint density at radius 1 is 0.310 bits per heavy atom. The molecule has 0 unspecified atom stereocenters. The van der Waals surface area contributed by atoms with Gasteiger partial charge in [-0.05, 0) is 64.0 Å². The molecule has 12 aromatic rings. The van der Waals surface area contributed by atoms with E-state index in [-0.39, 0.29) is 0 Å². The van der Waals surface area contributed by atoms with E-state index < -0.39 is 0 Å². The van der Waals surface area contributed by atoms with Crippen molar-refractivity contribution in [3.8, 4) is 45.5 Å². The molecule has 0 fully saturated rings. The molecule has 0 bridgehead atoms. The molecule has 0 saturated heterocycles. The molecular weight excluding hydrogens is 707 g/mol. The monoisotopic (exact) mass is 739 g/mol. The molecule has 0 spiro atoms. The number of nitrogens with zero attached hydrogens (tertiary/aromatic N) is 5. The SMILES string of the molecule is c1ccc(-c2nc(-c3c(-n4c5ccccc5c5c6ccccc6ccc54)ccc4ccccc34)nc(-c3cccc4c3c3ccccc3n4-c3ccccc3)n2)cc1. The number of hydrogen-bond acceptors (Lipinski definition) is 3. The van der Waals surface area contributed by atoms with E-state index in [1.54, 1.807) is 0 Å². The van der Waals surface area contributed by atoms with Crippen molar-refractivity contribution in [2.24, 2.45) is 0 Å². The number of para-hydroxylation sites is 3. The lowest BCUT2D eigenvalue weighted by atomic mass is 10.0. The standard InChI is InChI=1S/C53H33N5/c1-3-18-36(19-4-1)51-54-52(42-26-15-29-45-49(42)40-24-11-13-27-43(40)57(45)37-20-5-2-6-21-37)56-53(55-51)50-39-23-10-8-17-35(39)31-33-47(50)58-44-28-14-12-25-41(44)48-38-22-9-7-16-34(38)30-32-46(48)58/h1-33H. The summed E-state index contributed by atoms with van der Waals surface area (Å²) in [7, 11) is 0. The molecule has 9 aromatic carbocycles. The van der Waals surface area contributed by atoms with Crippen LogP contribution >= 0.6 is 0 Å². The third-order valence-corrected chi connectivity index (χ3v) is 11.6. The highest BCUT2D eigenvalue weighted by molar-refractivity contribution is 6.22. The number of benzene rings is 9. The molecule has 0 amide bonds. The average Bonchev–Trinajstić information content (AvgIpc) is 3.82. The van der Waals surface area contributed by atoms with Crippen molar-refractivity contribution in [1.82, 2.24) is 24.1 Å². The highest BCUT2D eigenvalue weighted by Crippen LogP contribution is 2.43. The second-order valence-electron chi connectivity index (χ2n) is 14.8. The van der Waals surface area contributed by atoms with E-state index in [9.17, 15) is 0 Å². The average molecular weight is 740 g/mol. The van der Waals surface area contributed by atoms with Crippen LogP contribution in [-0.4, -0.2) is 24.1 Å². The molecule has 0 aliphatic heterocycles. The molecule has 3 aromatic heterocycles. The fourth-order valence-corrected chi connectivity index (χ4v) is 9.07. The number of aromatic nitrogens is 5. The van der Waals surface area contributed by atoms with Crippen LogP contribution in [-0.2, 0) is 0 Å². The first-order chi connectivity index (χ1) is 28.8. The van der Waals surface area contributed by atoms with Crippen molar-refractivity contribution in [1.29, 1.82) is 0 Å². The van der Waals surface area contributed by atoms with E-state index in [2.05, 4.69) is 191 Å². The summed E-state index contributed by atoms with van der Waals surface area (Å²) in [5.74, 6) is 1.86. The molecule has 12 rings (SSSR count). The van der Waals surface area contributed by atoms with Crippen molar-refractivity contribution in [3.05, 3.63) is 200 Å². The quantitative estimate of drug-likeness (QED) is 0.177. The summed E-state index contributed by atoms with van der Waals surface area (Å²) < 4.78 is 4.74. The Bertz CT molecular complexity index is 3560. The second-order valence-corrected chi connectivity index (χ2v) is 14.8. The van der Waals surface area contributed by atoms with Crippen molar-refractivity contribution in [2.75, 3.05) is 0 Å². The maximum atomic E-state index is 5.52. The third kappa shape index (κ3) is 4.87. The third-order valence-electron chi connectivity index (χ3n) is 11.6. The molecule has 5 heteroatoms. The van der Waals surface area contributed by atoms with Crippen molar-refractivity contribution in [3.63, 3.8) is 0 Å². The first-order valence-corrected chi connectivity index (χ1v) is 19.6. The van der Waals surface area contributed by atoms with Gasteiger partial charge >= 0.3 is 0 Å². The lowest BCUT2D eigenvalue weighted by molar-refractivity contribution is 1.07. The van der Waals surface area contributed by atoms with Crippen LogP contribution in [0.15, 0.2) is 200 Å². The van der Waals surface area contributed by atoms with Gasteiger partial charge in [-0.25, -0.2) is 15.0 Å². The van der Waals surface area contributed by atoms with Crippen molar-refractivity contribution >= 4 is 65.2 Å². The summed E-state index contributed by atoms with van der Waals surface area (Å²) in [4.78, 5) is 16.2. The minimum atomic E-state index is 0.617. The molecule has 5 nitrogen and oxygen atoms in total. The van der Waals surface area contributed by atoms with Crippen LogP contribution in [0.4, 0.5) is 0 Å². The Labute approximate surface area is 333 Å². The van der Waals surface area contributed by atoms with Gasteiger partial charge in [-0.15, -0.1) is 0 Å². The number of rotatable bonds is 5. The molecule has 0 radical (unpaired) electrons. The second kappa shape index (κ2) is 12.8. The van der Waals surface area contributed by atoms with Crippen LogP contribution < -0.4 is 0 Å². The van der Waals surface area contributed by atoms with Gasteiger partial charge in [0.15, 0.2) is 17.5 Å². The van der Waals surface area contributed by atoms with E-state index in [0.717, 1.165) is 71.7 Å². The molecule has 0 aliphatic carbocycles. The maximum absolute atomic E-state index is 5.52. The molecule has 58 heavy (non-hydrogen) atoms. The van der Waals surface area contributed by atoms with Gasteiger partial charge in [0.1, 0.15) is 0 Å². The summed E-state index contributed by atoms with van der Waals surface area (Å²) in [6.07, 6.45) is 0. The summed E-state index contributed by atoms with van der Waals surface area (Å²) in [5, 5.41) is 9.31. The molecule has 3 heterocycles. The van der Waals surface area contributed by atoms with Crippen LogP contribution in [0.25, 0.3) is 111 Å². The predicted molar refractivity (Wildman–Crippen MR) is 240 cm³/mol. The van der Waals surface area contributed by atoms with Crippen molar-refractivity contribution < 1.29 is 0 Å². The van der Waals surface area contributed by atoms with Gasteiger partial charge in [0.05, 0.1) is 33.3 Å². The van der Waals surface area contributed by atoms with Crippen LogP contribution in [0.2, 0.25) is 0 Å². The lowest BCUT2D eigenvalue weighted by Gasteiger charge is -2.17. The Hall–Kier alpha value is -7.89. The fourth-order valence-electron chi connectivity index (χ4n) is 9.07. The summed E-state index contributed by atoms with van der Waals surface area (Å²) in [6.45, 7) is 0. The minimum absolute atomic E-state index is 0.617. The lowest BCUT2D eigenvalue weighted by Crippen LogP contribution is -2.04. The zero-order valence-electron chi connectivity index (χ0n) is 31.3. The van der Waals surface area contributed by atoms with Gasteiger partial charge < -0.3 is 9.13 Å². The zero-order valence-corrected chi connectivity index (χ0v) is 31.3. The first-order valence-electron chi connectivity index (χ1n) is 19.6. The Balaban J connectivity index is 1.20. The number of fused-ring (bicyclic) bond motifs is 9. The van der Waals surface area contributed by atoms with Crippen LogP contribution in [0.5, 0.6) is 0 Å². The van der Waals surface area contributed by atoms with E-state index in [1.165, 1.54) is 21.5 Å². The first kappa shape index (κ1) is 32.4.